The SMILES string of the molecule is COC1CNCCC1Cc1ccc(Cl)cc1. The Morgan fingerprint density at radius 1 is 1.38 bits per heavy atom. The molecule has 16 heavy (non-hydrogen) atoms. The summed E-state index contributed by atoms with van der Waals surface area (Å²) in [6.07, 6.45) is 2.60. The lowest BCUT2D eigenvalue weighted by Gasteiger charge is -2.31. The summed E-state index contributed by atoms with van der Waals surface area (Å²) in [7, 11) is 1.80. The van der Waals surface area contributed by atoms with E-state index in [0.29, 0.717) is 12.0 Å². The van der Waals surface area contributed by atoms with E-state index in [4.69, 9.17) is 16.3 Å². The minimum atomic E-state index is 0.337. The molecule has 0 aliphatic carbocycles. The fraction of sp³-hybridized carbons (Fsp3) is 0.538. The van der Waals surface area contributed by atoms with Crippen LogP contribution in [0.3, 0.4) is 0 Å². The lowest BCUT2D eigenvalue weighted by molar-refractivity contribution is 0.0341. The quantitative estimate of drug-likeness (QED) is 0.875. The smallest absolute Gasteiger partial charge is 0.0727 e. The van der Waals surface area contributed by atoms with Crippen molar-refractivity contribution in [3.63, 3.8) is 0 Å². The topological polar surface area (TPSA) is 21.3 Å². The first-order valence-electron chi connectivity index (χ1n) is 5.77. The zero-order valence-electron chi connectivity index (χ0n) is 9.58. The van der Waals surface area contributed by atoms with Crippen LogP contribution in [-0.4, -0.2) is 26.3 Å². The predicted octanol–water partition coefficient (Wildman–Crippen LogP) is 2.51. The van der Waals surface area contributed by atoms with Gasteiger partial charge in [-0.15, -0.1) is 0 Å². The van der Waals surface area contributed by atoms with Gasteiger partial charge in [-0.1, -0.05) is 23.7 Å². The van der Waals surface area contributed by atoms with Gasteiger partial charge in [0.2, 0.25) is 0 Å². The maximum Gasteiger partial charge on any atom is 0.0727 e. The lowest BCUT2D eigenvalue weighted by atomic mass is 9.88. The van der Waals surface area contributed by atoms with Gasteiger partial charge < -0.3 is 10.1 Å². The number of nitrogens with one attached hydrogen (secondary N) is 1. The van der Waals surface area contributed by atoms with Gasteiger partial charge in [0.25, 0.3) is 0 Å². The summed E-state index contributed by atoms with van der Waals surface area (Å²) in [6, 6.07) is 8.13. The van der Waals surface area contributed by atoms with Crippen LogP contribution in [0.4, 0.5) is 0 Å². The first kappa shape index (κ1) is 11.9. The normalized spacial score (nSPS) is 25.6. The van der Waals surface area contributed by atoms with Gasteiger partial charge in [-0.2, -0.15) is 0 Å². The molecule has 0 spiro atoms. The molecule has 1 aliphatic rings. The zero-order valence-corrected chi connectivity index (χ0v) is 10.3. The number of ether oxygens (including phenoxy) is 1. The Kier molecular flexibility index (Phi) is 4.22. The Bertz CT molecular complexity index is 325. The molecule has 1 aliphatic heterocycles. The first-order chi connectivity index (χ1) is 7.79. The van der Waals surface area contributed by atoms with Crippen molar-refractivity contribution in [1.82, 2.24) is 5.32 Å². The number of hydrogen-bond acceptors (Lipinski definition) is 2. The molecule has 88 valence electrons. The molecule has 0 amide bonds. The van der Waals surface area contributed by atoms with Crippen LogP contribution in [0.15, 0.2) is 24.3 Å². The number of rotatable bonds is 3. The highest BCUT2D eigenvalue weighted by Gasteiger charge is 2.24. The Morgan fingerprint density at radius 3 is 2.81 bits per heavy atom. The van der Waals surface area contributed by atoms with Crippen LogP contribution in [0.1, 0.15) is 12.0 Å². The van der Waals surface area contributed by atoms with Gasteiger partial charge >= 0.3 is 0 Å². The third-order valence-corrected chi connectivity index (χ3v) is 3.53. The summed E-state index contributed by atoms with van der Waals surface area (Å²) < 4.78 is 5.51. The van der Waals surface area contributed by atoms with Gasteiger partial charge in [-0.3, -0.25) is 0 Å². The molecule has 0 radical (unpaired) electrons. The predicted molar refractivity (Wildman–Crippen MR) is 66.9 cm³/mol. The molecule has 2 atom stereocenters. The van der Waals surface area contributed by atoms with E-state index >= 15 is 0 Å². The van der Waals surface area contributed by atoms with Crippen molar-refractivity contribution in [2.45, 2.75) is 18.9 Å². The highest BCUT2D eigenvalue weighted by atomic mass is 35.5. The Labute approximate surface area is 102 Å². The zero-order chi connectivity index (χ0) is 11.4. The van der Waals surface area contributed by atoms with Crippen molar-refractivity contribution in [3.8, 4) is 0 Å². The first-order valence-corrected chi connectivity index (χ1v) is 6.15. The molecule has 1 aromatic carbocycles. The molecular formula is C13H18ClNO. The molecule has 1 heterocycles. The minimum absolute atomic E-state index is 0.337. The van der Waals surface area contributed by atoms with E-state index in [0.717, 1.165) is 24.5 Å². The Hall–Kier alpha value is -0.570. The molecule has 2 nitrogen and oxygen atoms in total. The van der Waals surface area contributed by atoms with Gasteiger partial charge in [0.1, 0.15) is 0 Å². The molecule has 1 N–H and O–H groups in total. The van der Waals surface area contributed by atoms with E-state index in [9.17, 15) is 0 Å². The second kappa shape index (κ2) is 5.67. The van der Waals surface area contributed by atoms with Crippen molar-refractivity contribution in [1.29, 1.82) is 0 Å². The molecule has 1 aromatic rings. The Morgan fingerprint density at radius 2 is 2.12 bits per heavy atom. The molecule has 0 saturated carbocycles. The van der Waals surface area contributed by atoms with Crippen molar-refractivity contribution in [3.05, 3.63) is 34.9 Å². The lowest BCUT2D eigenvalue weighted by Crippen LogP contribution is -2.42. The van der Waals surface area contributed by atoms with Crippen molar-refractivity contribution >= 4 is 11.6 Å². The number of benzene rings is 1. The third-order valence-electron chi connectivity index (χ3n) is 3.28. The summed E-state index contributed by atoms with van der Waals surface area (Å²) >= 11 is 5.88. The number of halogens is 1. The van der Waals surface area contributed by atoms with Gasteiger partial charge in [0.15, 0.2) is 0 Å². The fourth-order valence-electron chi connectivity index (χ4n) is 2.32. The number of piperidine rings is 1. The third kappa shape index (κ3) is 2.97. The van der Waals surface area contributed by atoms with Crippen molar-refractivity contribution < 1.29 is 4.74 Å². The summed E-state index contributed by atoms with van der Waals surface area (Å²) in [5, 5.41) is 4.17. The summed E-state index contributed by atoms with van der Waals surface area (Å²) in [6.45, 7) is 2.06. The van der Waals surface area contributed by atoms with Gasteiger partial charge in [0.05, 0.1) is 6.10 Å². The van der Waals surface area contributed by atoms with Crippen LogP contribution < -0.4 is 5.32 Å². The molecule has 2 rings (SSSR count). The van der Waals surface area contributed by atoms with Gasteiger partial charge in [0, 0.05) is 18.7 Å². The molecule has 0 aromatic heterocycles. The number of methoxy groups -OCH3 is 1. The average molecular weight is 240 g/mol. The average Bonchev–Trinajstić information content (AvgIpc) is 2.33. The van der Waals surface area contributed by atoms with Crippen LogP contribution in [0.25, 0.3) is 0 Å². The van der Waals surface area contributed by atoms with E-state index in [1.807, 2.05) is 12.1 Å². The van der Waals surface area contributed by atoms with Crippen molar-refractivity contribution in [2.75, 3.05) is 20.2 Å². The van der Waals surface area contributed by atoms with E-state index in [-0.39, 0.29) is 0 Å². The summed E-state index contributed by atoms with van der Waals surface area (Å²) in [5.41, 5.74) is 1.35. The van der Waals surface area contributed by atoms with Crippen LogP contribution in [0.5, 0.6) is 0 Å². The monoisotopic (exact) mass is 239 g/mol. The number of hydrogen-bond donors (Lipinski definition) is 1. The Balaban J connectivity index is 1.99. The van der Waals surface area contributed by atoms with E-state index < -0.39 is 0 Å². The molecule has 1 saturated heterocycles. The highest BCUT2D eigenvalue weighted by Crippen LogP contribution is 2.21. The molecular weight excluding hydrogens is 222 g/mol. The summed E-state index contributed by atoms with van der Waals surface area (Å²) in [4.78, 5) is 0. The van der Waals surface area contributed by atoms with Crippen LogP contribution in [-0.2, 0) is 11.2 Å². The maximum atomic E-state index is 5.88. The second-order valence-corrected chi connectivity index (χ2v) is 4.79. The largest absolute Gasteiger partial charge is 0.380 e. The summed E-state index contributed by atoms with van der Waals surface area (Å²) in [5.74, 6) is 0.618. The van der Waals surface area contributed by atoms with E-state index in [2.05, 4.69) is 17.4 Å². The van der Waals surface area contributed by atoms with E-state index in [1.54, 1.807) is 7.11 Å². The molecule has 3 heteroatoms. The van der Waals surface area contributed by atoms with Gasteiger partial charge in [-0.05, 0) is 43.0 Å². The fourth-order valence-corrected chi connectivity index (χ4v) is 2.44. The second-order valence-electron chi connectivity index (χ2n) is 4.36. The van der Waals surface area contributed by atoms with Crippen molar-refractivity contribution in [2.24, 2.45) is 5.92 Å². The van der Waals surface area contributed by atoms with Gasteiger partial charge in [-0.25, -0.2) is 0 Å². The van der Waals surface area contributed by atoms with E-state index in [1.165, 1.54) is 12.0 Å². The standard InChI is InChI=1S/C13H18ClNO/c1-16-13-9-15-7-6-11(13)8-10-2-4-12(14)5-3-10/h2-5,11,13,15H,6-9H2,1H3. The highest BCUT2D eigenvalue weighted by molar-refractivity contribution is 6.30. The minimum Gasteiger partial charge on any atom is -0.380 e. The maximum absolute atomic E-state index is 5.88. The van der Waals surface area contributed by atoms with Crippen LogP contribution >= 0.6 is 11.6 Å². The van der Waals surface area contributed by atoms with Crippen LogP contribution in [0.2, 0.25) is 5.02 Å². The molecule has 0 bridgehead atoms. The van der Waals surface area contributed by atoms with Crippen LogP contribution in [0, 0.1) is 5.92 Å². The molecule has 1 fully saturated rings. The molecule has 2 unspecified atom stereocenters.